The average Bonchev–Trinajstić information content (AvgIpc) is 2.87. The van der Waals surface area contributed by atoms with Crippen LogP contribution >= 0.6 is 11.3 Å². The number of hydrogen-bond acceptors (Lipinski definition) is 4. The number of thiophene rings is 1. The van der Waals surface area contributed by atoms with E-state index >= 15 is 0 Å². The predicted molar refractivity (Wildman–Crippen MR) is 83.6 cm³/mol. The number of nitrogens with zero attached hydrogens (tertiary/aromatic N) is 2. The molecule has 3 nitrogen and oxygen atoms in total. The Hall–Kier alpha value is -0.420. The van der Waals surface area contributed by atoms with Crippen molar-refractivity contribution in [2.24, 2.45) is 5.73 Å². The summed E-state index contributed by atoms with van der Waals surface area (Å²) >= 11 is 1.83. The molecule has 0 aliphatic carbocycles. The fourth-order valence-electron chi connectivity index (χ4n) is 2.86. The second-order valence-corrected chi connectivity index (χ2v) is 7.22. The molecule has 1 saturated heterocycles. The van der Waals surface area contributed by atoms with E-state index in [1.54, 1.807) is 0 Å². The van der Waals surface area contributed by atoms with Crippen LogP contribution in [-0.4, -0.2) is 48.1 Å². The van der Waals surface area contributed by atoms with Crippen molar-refractivity contribution in [1.29, 1.82) is 0 Å². The first kappa shape index (κ1) is 15.0. The minimum atomic E-state index is 0.220. The van der Waals surface area contributed by atoms with E-state index in [1.165, 1.54) is 4.88 Å². The smallest absolute Gasteiger partial charge is 0.0594 e. The molecule has 1 aromatic rings. The maximum atomic E-state index is 6.41. The van der Waals surface area contributed by atoms with Crippen molar-refractivity contribution in [3.8, 4) is 0 Å². The maximum absolute atomic E-state index is 6.41. The molecule has 2 heterocycles. The Kier molecular flexibility index (Phi) is 4.66. The van der Waals surface area contributed by atoms with Crippen LogP contribution in [0, 0.1) is 0 Å². The fourth-order valence-corrected chi connectivity index (χ4v) is 3.79. The van der Waals surface area contributed by atoms with Gasteiger partial charge in [-0.15, -0.1) is 11.3 Å². The Morgan fingerprint density at radius 1 is 1.42 bits per heavy atom. The van der Waals surface area contributed by atoms with Crippen molar-refractivity contribution >= 4 is 11.3 Å². The Labute approximate surface area is 121 Å². The highest BCUT2D eigenvalue weighted by atomic mass is 32.1. The summed E-state index contributed by atoms with van der Waals surface area (Å²) in [6.45, 7) is 10.1. The van der Waals surface area contributed by atoms with Gasteiger partial charge in [0, 0.05) is 36.1 Å². The molecule has 1 fully saturated rings. The summed E-state index contributed by atoms with van der Waals surface area (Å²) in [5.74, 6) is 0. The number of nitrogens with two attached hydrogens (primary N) is 1. The van der Waals surface area contributed by atoms with Gasteiger partial charge >= 0.3 is 0 Å². The van der Waals surface area contributed by atoms with Gasteiger partial charge in [0.15, 0.2) is 0 Å². The molecule has 2 atom stereocenters. The van der Waals surface area contributed by atoms with Crippen molar-refractivity contribution in [2.75, 3.05) is 26.7 Å². The highest BCUT2D eigenvalue weighted by molar-refractivity contribution is 7.10. The number of rotatable bonds is 4. The van der Waals surface area contributed by atoms with E-state index in [-0.39, 0.29) is 11.6 Å². The fraction of sp³-hybridized carbons (Fsp3) is 0.733. The number of likely N-dealkylation sites (N-methyl/N-ethyl adjacent to an activating group) is 1. The van der Waals surface area contributed by atoms with Crippen LogP contribution in [0.25, 0.3) is 0 Å². The molecule has 0 saturated carbocycles. The van der Waals surface area contributed by atoms with E-state index in [2.05, 4.69) is 55.1 Å². The molecule has 0 aromatic carbocycles. The van der Waals surface area contributed by atoms with Gasteiger partial charge in [-0.2, -0.15) is 0 Å². The van der Waals surface area contributed by atoms with Gasteiger partial charge in [0.05, 0.1) is 6.04 Å². The van der Waals surface area contributed by atoms with Crippen LogP contribution in [0.2, 0.25) is 0 Å². The van der Waals surface area contributed by atoms with Crippen LogP contribution in [0.4, 0.5) is 0 Å². The SMILES string of the molecule is CCC(N)C(c1cccs1)N1CCN(C)C(C)(C)C1. The third-order valence-corrected chi connectivity index (χ3v) is 5.39. The summed E-state index contributed by atoms with van der Waals surface area (Å²) in [6, 6.07) is 4.96. The first-order chi connectivity index (χ1) is 8.95. The van der Waals surface area contributed by atoms with Crippen molar-refractivity contribution < 1.29 is 0 Å². The van der Waals surface area contributed by atoms with Gasteiger partial charge in [0.25, 0.3) is 0 Å². The first-order valence-electron chi connectivity index (χ1n) is 7.20. The second kappa shape index (κ2) is 5.92. The van der Waals surface area contributed by atoms with Gasteiger partial charge in [0.1, 0.15) is 0 Å². The zero-order valence-corrected chi connectivity index (χ0v) is 13.4. The Balaban J connectivity index is 2.20. The Morgan fingerprint density at radius 2 is 2.16 bits per heavy atom. The van der Waals surface area contributed by atoms with E-state index in [9.17, 15) is 0 Å². The monoisotopic (exact) mass is 281 g/mol. The summed E-state index contributed by atoms with van der Waals surface area (Å²) < 4.78 is 0. The zero-order valence-electron chi connectivity index (χ0n) is 12.6. The maximum Gasteiger partial charge on any atom is 0.0594 e. The van der Waals surface area contributed by atoms with Crippen LogP contribution in [0.1, 0.15) is 38.1 Å². The van der Waals surface area contributed by atoms with Gasteiger partial charge < -0.3 is 5.73 Å². The van der Waals surface area contributed by atoms with Crippen LogP contribution in [0.15, 0.2) is 17.5 Å². The van der Waals surface area contributed by atoms with Gasteiger partial charge in [-0.1, -0.05) is 13.0 Å². The summed E-state index contributed by atoms with van der Waals surface area (Å²) in [6.07, 6.45) is 1.02. The summed E-state index contributed by atoms with van der Waals surface area (Å²) in [5.41, 5.74) is 6.64. The van der Waals surface area contributed by atoms with E-state index in [4.69, 9.17) is 5.73 Å². The van der Waals surface area contributed by atoms with E-state index in [1.807, 2.05) is 11.3 Å². The van der Waals surface area contributed by atoms with Crippen molar-refractivity contribution in [1.82, 2.24) is 9.80 Å². The minimum absolute atomic E-state index is 0.220. The molecular formula is C15H27N3S. The Bertz CT molecular complexity index is 388. The largest absolute Gasteiger partial charge is 0.326 e. The molecule has 1 aliphatic rings. The average molecular weight is 281 g/mol. The molecule has 108 valence electrons. The van der Waals surface area contributed by atoms with Gasteiger partial charge in [-0.3, -0.25) is 9.80 Å². The lowest BCUT2D eigenvalue weighted by atomic mass is 9.95. The summed E-state index contributed by atoms with van der Waals surface area (Å²) in [5, 5.41) is 2.16. The molecule has 2 N–H and O–H groups in total. The highest BCUT2D eigenvalue weighted by Gasteiger charge is 2.36. The quantitative estimate of drug-likeness (QED) is 0.920. The molecule has 19 heavy (non-hydrogen) atoms. The third-order valence-electron chi connectivity index (χ3n) is 4.45. The van der Waals surface area contributed by atoms with E-state index in [0.29, 0.717) is 6.04 Å². The zero-order chi connectivity index (χ0) is 14.0. The lowest BCUT2D eigenvalue weighted by Crippen LogP contribution is -2.59. The predicted octanol–water partition coefficient (Wildman–Crippen LogP) is 2.55. The molecule has 2 unspecified atom stereocenters. The summed E-state index contributed by atoms with van der Waals surface area (Å²) in [7, 11) is 2.22. The second-order valence-electron chi connectivity index (χ2n) is 6.24. The van der Waals surface area contributed by atoms with Crippen LogP contribution in [0.5, 0.6) is 0 Å². The summed E-state index contributed by atoms with van der Waals surface area (Å²) in [4.78, 5) is 6.45. The minimum Gasteiger partial charge on any atom is -0.326 e. The topological polar surface area (TPSA) is 32.5 Å². The van der Waals surface area contributed by atoms with Crippen molar-refractivity contribution in [2.45, 2.75) is 44.8 Å². The molecule has 1 aliphatic heterocycles. The molecule has 0 radical (unpaired) electrons. The standard InChI is InChI=1S/C15H27N3S/c1-5-12(16)14(13-7-6-10-19-13)18-9-8-17(4)15(2,3)11-18/h6-7,10,12,14H,5,8-9,11,16H2,1-4H3. The lowest BCUT2D eigenvalue weighted by molar-refractivity contribution is 0.0104. The van der Waals surface area contributed by atoms with Gasteiger partial charge in [-0.05, 0) is 38.8 Å². The molecule has 0 amide bonds. The normalized spacial score (nSPS) is 24.3. The first-order valence-corrected chi connectivity index (χ1v) is 8.08. The highest BCUT2D eigenvalue weighted by Crippen LogP contribution is 2.32. The van der Waals surface area contributed by atoms with Crippen LogP contribution < -0.4 is 5.73 Å². The third kappa shape index (κ3) is 3.19. The van der Waals surface area contributed by atoms with Crippen LogP contribution in [0.3, 0.4) is 0 Å². The van der Waals surface area contributed by atoms with Gasteiger partial charge in [0.2, 0.25) is 0 Å². The molecule has 1 aromatic heterocycles. The molecule has 4 heteroatoms. The Morgan fingerprint density at radius 3 is 2.68 bits per heavy atom. The number of piperazine rings is 1. The van der Waals surface area contributed by atoms with E-state index < -0.39 is 0 Å². The van der Waals surface area contributed by atoms with Gasteiger partial charge in [-0.25, -0.2) is 0 Å². The van der Waals surface area contributed by atoms with Crippen molar-refractivity contribution in [3.63, 3.8) is 0 Å². The van der Waals surface area contributed by atoms with Crippen molar-refractivity contribution in [3.05, 3.63) is 22.4 Å². The van der Waals surface area contributed by atoms with Crippen LogP contribution in [-0.2, 0) is 0 Å². The van der Waals surface area contributed by atoms with E-state index in [0.717, 1.165) is 26.1 Å². The molecule has 0 bridgehead atoms. The molecule has 2 rings (SSSR count). The molecular weight excluding hydrogens is 254 g/mol. The number of hydrogen-bond donors (Lipinski definition) is 1. The lowest BCUT2D eigenvalue weighted by Gasteiger charge is -2.48. The molecule has 0 spiro atoms.